The summed E-state index contributed by atoms with van der Waals surface area (Å²) >= 11 is 0. The third kappa shape index (κ3) is 3.45. The molecule has 0 bridgehead atoms. The van der Waals surface area contributed by atoms with E-state index in [0.717, 1.165) is 11.1 Å². The lowest BCUT2D eigenvalue weighted by molar-refractivity contribution is 0.0597. The molecule has 0 radical (unpaired) electrons. The zero-order valence-corrected chi connectivity index (χ0v) is 15.9. The normalized spacial score (nSPS) is 10.7. The van der Waals surface area contributed by atoms with E-state index in [9.17, 15) is 4.79 Å². The van der Waals surface area contributed by atoms with E-state index in [1.807, 2.05) is 42.5 Å². The summed E-state index contributed by atoms with van der Waals surface area (Å²) in [5.74, 6) is 0.137. The summed E-state index contributed by atoms with van der Waals surface area (Å²) in [6.45, 7) is 0. The van der Waals surface area contributed by atoms with Crippen LogP contribution in [0.5, 0.6) is 5.75 Å². The van der Waals surface area contributed by atoms with Gasteiger partial charge < -0.3 is 15.2 Å². The molecule has 2 aromatic heterocycles. The Bertz CT molecular complexity index is 1210. The lowest BCUT2D eigenvalue weighted by Gasteiger charge is -2.11. The molecule has 0 unspecified atom stereocenters. The van der Waals surface area contributed by atoms with E-state index in [4.69, 9.17) is 20.2 Å². The van der Waals surface area contributed by atoms with Gasteiger partial charge in [-0.15, -0.1) is 0 Å². The predicted octanol–water partition coefficient (Wildman–Crippen LogP) is 3.74. The van der Waals surface area contributed by atoms with Crippen molar-refractivity contribution in [3.63, 3.8) is 0 Å². The van der Waals surface area contributed by atoms with E-state index in [1.165, 1.54) is 14.2 Å². The summed E-state index contributed by atoms with van der Waals surface area (Å²) < 4.78 is 10.2. The standard InChI is InChI=1S/C22H18N4O3/c1-28-18-12-14(8-9-15(18)21(27)29-2)16-10-11-17-20(24-16)19(26-22(23)25-17)13-6-4-3-5-7-13/h3-12H,1-2H3,(H2,23,25,26). The number of anilines is 1. The van der Waals surface area contributed by atoms with Crippen LogP contribution in [0.1, 0.15) is 10.4 Å². The lowest BCUT2D eigenvalue weighted by Crippen LogP contribution is -2.04. The van der Waals surface area contributed by atoms with Crippen molar-refractivity contribution in [1.29, 1.82) is 0 Å². The number of hydrogen-bond donors (Lipinski definition) is 1. The summed E-state index contributed by atoms with van der Waals surface area (Å²) in [4.78, 5) is 25.4. The first-order valence-corrected chi connectivity index (χ1v) is 8.87. The van der Waals surface area contributed by atoms with E-state index in [0.29, 0.717) is 33.7 Å². The first kappa shape index (κ1) is 18.4. The van der Waals surface area contributed by atoms with Gasteiger partial charge in [-0.2, -0.15) is 0 Å². The first-order valence-electron chi connectivity index (χ1n) is 8.87. The molecule has 144 valence electrons. The average Bonchev–Trinajstić information content (AvgIpc) is 2.77. The van der Waals surface area contributed by atoms with E-state index < -0.39 is 5.97 Å². The molecule has 2 N–H and O–H groups in total. The molecule has 29 heavy (non-hydrogen) atoms. The highest BCUT2D eigenvalue weighted by Crippen LogP contribution is 2.30. The van der Waals surface area contributed by atoms with Gasteiger partial charge in [0, 0.05) is 11.1 Å². The number of pyridine rings is 1. The molecule has 0 fully saturated rings. The Labute approximate surface area is 167 Å². The SMILES string of the molecule is COC(=O)c1ccc(-c2ccc3nc(N)nc(-c4ccccc4)c3n2)cc1OC. The molecule has 0 spiro atoms. The number of carbonyl (C=O) groups is 1. The topological polar surface area (TPSA) is 100 Å². The van der Waals surface area contributed by atoms with Crippen LogP contribution in [-0.4, -0.2) is 35.1 Å². The predicted molar refractivity (Wildman–Crippen MR) is 111 cm³/mol. The molecular weight excluding hydrogens is 368 g/mol. The number of fused-ring (bicyclic) bond motifs is 1. The average molecular weight is 386 g/mol. The van der Waals surface area contributed by atoms with Gasteiger partial charge in [-0.1, -0.05) is 36.4 Å². The Morgan fingerprint density at radius 2 is 1.69 bits per heavy atom. The highest BCUT2D eigenvalue weighted by atomic mass is 16.5. The number of benzene rings is 2. The molecule has 0 aliphatic rings. The number of rotatable bonds is 4. The largest absolute Gasteiger partial charge is 0.496 e. The second-order valence-electron chi connectivity index (χ2n) is 6.27. The Kier molecular flexibility index (Phi) is 4.78. The summed E-state index contributed by atoms with van der Waals surface area (Å²) in [5.41, 5.74) is 10.6. The van der Waals surface area contributed by atoms with Crippen LogP contribution in [0.25, 0.3) is 33.5 Å². The molecule has 0 atom stereocenters. The smallest absolute Gasteiger partial charge is 0.341 e. The molecule has 0 aliphatic heterocycles. The molecule has 2 aromatic carbocycles. The maximum Gasteiger partial charge on any atom is 0.341 e. The molecule has 0 saturated heterocycles. The Morgan fingerprint density at radius 3 is 2.41 bits per heavy atom. The highest BCUT2D eigenvalue weighted by Gasteiger charge is 2.16. The Morgan fingerprint density at radius 1 is 0.897 bits per heavy atom. The monoisotopic (exact) mass is 386 g/mol. The van der Waals surface area contributed by atoms with Crippen LogP contribution in [0.4, 0.5) is 5.95 Å². The fourth-order valence-electron chi connectivity index (χ4n) is 3.12. The van der Waals surface area contributed by atoms with Crippen molar-refractivity contribution in [1.82, 2.24) is 15.0 Å². The van der Waals surface area contributed by atoms with Crippen LogP contribution in [0.2, 0.25) is 0 Å². The number of hydrogen-bond acceptors (Lipinski definition) is 7. The zero-order valence-electron chi connectivity index (χ0n) is 15.9. The van der Waals surface area contributed by atoms with E-state index >= 15 is 0 Å². The number of carbonyl (C=O) groups excluding carboxylic acids is 1. The van der Waals surface area contributed by atoms with Gasteiger partial charge in [0.2, 0.25) is 5.95 Å². The van der Waals surface area contributed by atoms with Crippen LogP contribution in [0.15, 0.2) is 60.7 Å². The quantitative estimate of drug-likeness (QED) is 0.533. The van der Waals surface area contributed by atoms with Crippen LogP contribution < -0.4 is 10.5 Å². The molecule has 4 rings (SSSR count). The van der Waals surface area contributed by atoms with Crippen molar-refractivity contribution in [3.05, 3.63) is 66.2 Å². The number of ether oxygens (including phenoxy) is 2. The second-order valence-corrected chi connectivity index (χ2v) is 6.27. The third-order valence-electron chi connectivity index (χ3n) is 4.51. The van der Waals surface area contributed by atoms with Gasteiger partial charge >= 0.3 is 5.97 Å². The van der Waals surface area contributed by atoms with Gasteiger partial charge in [-0.3, -0.25) is 0 Å². The number of nitrogens with zero attached hydrogens (tertiary/aromatic N) is 3. The first-order chi connectivity index (χ1) is 14.1. The van der Waals surface area contributed by atoms with Gasteiger partial charge in [0.1, 0.15) is 22.5 Å². The van der Waals surface area contributed by atoms with Gasteiger partial charge in [0.25, 0.3) is 0 Å². The molecule has 7 nitrogen and oxygen atoms in total. The molecular formula is C22H18N4O3. The number of esters is 1. The van der Waals surface area contributed by atoms with Crippen LogP contribution in [0, 0.1) is 0 Å². The molecule has 7 heteroatoms. The summed E-state index contributed by atoms with van der Waals surface area (Å²) in [7, 11) is 2.83. The van der Waals surface area contributed by atoms with Crippen LogP contribution in [-0.2, 0) is 4.74 Å². The Hall–Kier alpha value is -4.00. The molecule has 0 amide bonds. The van der Waals surface area contributed by atoms with Crippen molar-refractivity contribution in [2.45, 2.75) is 0 Å². The van der Waals surface area contributed by atoms with Crippen molar-refractivity contribution in [2.24, 2.45) is 0 Å². The maximum absolute atomic E-state index is 11.9. The maximum atomic E-state index is 11.9. The van der Waals surface area contributed by atoms with Gasteiger partial charge in [-0.25, -0.2) is 19.7 Å². The Balaban J connectivity index is 1.88. The highest BCUT2D eigenvalue weighted by molar-refractivity contribution is 5.94. The zero-order chi connectivity index (χ0) is 20.4. The minimum Gasteiger partial charge on any atom is -0.496 e. The number of nitrogens with two attached hydrogens (primary N) is 1. The molecule has 0 aliphatic carbocycles. The van der Waals surface area contributed by atoms with Crippen LogP contribution in [0.3, 0.4) is 0 Å². The summed E-state index contributed by atoms with van der Waals surface area (Å²) in [6, 6.07) is 18.6. The van der Waals surface area contributed by atoms with E-state index in [1.54, 1.807) is 18.2 Å². The minimum absolute atomic E-state index is 0.190. The van der Waals surface area contributed by atoms with Crippen molar-refractivity contribution in [2.75, 3.05) is 20.0 Å². The van der Waals surface area contributed by atoms with Gasteiger partial charge in [0.05, 0.1) is 25.4 Å². The number of aromatic nitrogens is 3. The fourth-order valence-corrected chi connectivity index (χ4v) is 3.12. The summed E-state index contributed by atoms with van der Waals surface area (Å²) in [6.07, 6.45) is 0. The van der Waals surface area contributed by atoms with E-state index in [-0.39, 0.29) is 5.95 Å². The van der Waals surface area contributed by atoms with Crippen molar-refractivity contribution in [3.8, 4) is 28.3 Å². The van der Waals surface area contributed by atoms with Crippen molar-refractivity contribution >= 4 is 23.0 Å². The molecule has 4 aromatic rings. The minimum atomic E-state index is -0.463. The number of methoxy groups -OCH3 is 2. The molecule has 2 heterocycles. The van der Waals surface area contributed by atoms with Gasteiger partial charge in [-0.05, 0) is 24.3 Å². The second kappa shape index (κ2) is 7.55. The van der Waals surface area contributed by atoms with Crippen LogP contribution >= 0.6 is 0 Å². The van der Waals surface area contributed by atoms with Gasteiger partial charge in [0.15, 0.2) is 0 Å². The lowest BCUT2D eigenvalue weighted by atomic mass is 10.1. The summed E-state index contributed by atoms with van der Waals surface area (Å²) in [5, 5.41) is 0. The van der Waals surface area contributed by atoms with Crippen molar-refractivity contribution < 1.29 is 14.3 Å². The third-order valence-corrected chi connectivity index (χ3v) is 4.51. The molecule has 0 saturated carbocycles. The fraction of sp³-hybridized carbons (Fsp3) is 0.0909. The number of nitrogen functional groups attached to an aromatic ring is 1. The van der Waals surface area contributed by atoms with E-state index in [2.05, 4.69) is 9.97 Å².